The van der Waals surface area contributed by atoms with E-state index in [4.69, 9.17) is 17.3 Å². The van der Waals surface area contributed by atoms with Crippen molar-refractivity contribution in [2.45, 2.75) is 25.8 Å². The van der Waals surface area contributed by atoms with Crippen LogP contribution in [0.15, 0.2) is 18.3 Å². The third kappa shape index (κ3) is 2.19. The fourth-order valence-electron chi connectivity index (χ4n) is 1.12. The molecule has 1 unspecified atom stereocenters. The molecule has 1 aromatic heterocycles. The van der Waals surface area contributed by atoms with Crippen LogP contribution in [0.2, 0.25) is 5.02 Å². The molecule has 0 aliphatic heterocycles. The van der Waals surface area contributed by atoms with Crippen molar-refractivity contribution in [1.82, 2.24) is 4.98 Å². The van der Waals surface area contributed by atoms with Gasteiger partial charge in [-0.05, 0) is 18.6 Å². The smallest absolute Gasteiger partial charge is 0.0756 e. The van der Waals surface area contributed by atoms with E-state index in [1.165, 1.54) is 0 Å². The molecule has 0 saturated heterocycles. The highest BCUT2D eigenvalue weighted by molar-refractivity contribution is 6.31. The van der Waals surface area contributed by atoms with Crippen LogP contribution in [-0.2, 0) is 0 Å². The van der Waals surface area contributed by atoms with Crippen LogP contribution in [0.5, 0.6) is 0 Å². The van der Waals surface area contributed by atoms with Gasteiger partial charge in [0.2, 0.25) is 0 Å². The number of halogens is 1. The zero-order chi connectivity index (χ0) is 8.97. The first-order chi connectivity index (χ1) is 5.75. The molecule has 1 atom stereocenters. The van der Waals surface area contributed by atoms with Crippen molar-refractivity contribution in [1.29, 1.82) is 0 Å². The second-order valence-electron chi connectivity index (χ2n) is 2.77. The zero-order valence-electron chi connectivity index (χ0n) is 7.13. The first kappa shape index (κ1) is 9.49. The maximum absolute atomic E-state index is 5.91. The molecule has 2 N–H and O–H groups in total. The van der Waals surface area contributed by atoms with Crippen LogP contribution in [0, 0.1) is 0 Å². The van der Waals surface area contributed by atoms with E-state index in [0.717, 1.165) is 18.5 Å². The molecule has 0 saturated carbocycles. The van der Waals surface area contributed by atoms with Gasteiger partial charge < -0.3 is 5.73 Å². The predicted molar refractivity (Wildman–Crippen MR) is 51.1 cm³/mol. The molecule has 1 heterocycles. The summed E-state index contributed by atoms with van der Waals surface area (Å²) in [6.07, 6.45) is 3.70. The molecule has 12 heavy (non-hydrogen) atoms. The summed E-state index contributed by atoms with van der Waals surface area (Å²) >= 11 is 5.91. The zero-order valence-corrected chi connectivity index (χ0v) is 7.88. The lowest BCUT2D eigenvalue weighted by Gasteiger charge is -2.10. The lowest BCUT2D eigenvalue weighted by atomic mass is 10.1. The van der Waals surface area contributed by atoms with E-state index in [0.29, 0.717) is 5.02 Å². The topological polar surface area (TPSA) is 38.9 Å². The molecule has 1 rings (SSSR count). The van der Waals surface area contributed by atoms with Crippen molar-refractivity contribution < 1.29 is 0 Å². The van der Waals surface area contributed by atoms with Gasteiger partial charge in [0.15, 0.2) is 0 Å². The van der Waals surface area contributed by atoms with E-state index in [1.54, 1.807) is 6.20 Å². The van der Waals surface area contributed by atoms with Crippen molar-refractivity contribution in [2.24, 2.45) is 5.73 Å². The molecule has 0 bridgehead atoms. The highest BCUT2D eigenvalue weighted by Gasteiger charge is 2.09. The minimum absolute atomic E-state index is 0.0244. The second-order valence-corrected chi connectivity index (χ2v) is 3.17. The van der Waals surface area contributed by atoms with Crippen molar-refractivity contribution >= 4 is 11.6 Å². The number of nitrogens with zero attached hydrogens (tertiary/aromatic N) is 1. The molecule has 1 aromatic rings. The minimum atomic E-state index is -0.0244. The second kappa shape index (κ2) is 4.43. The summed E-state index contributed by atoms with van der Waals surface area (Å²) in [6.45, 7) is 2.09. The number of rotatable bonds is 3. The molecular weight excluding hydrogens is 172 g/mol. The summed E-state index contributed by atoms with van der Waals surface area (Å²) in [5.74, 6) is 0. The summed E-state index contributed by atoms with van der Waals surface area (Å²) < 4.78 is 0. The van der Waals surface area contributed by atoms with Gasteiger partial charge in [0.25, 0.3) is 0 Å². The van der Waals surface area contributed by atoms with Crippen molar-refractivity contribution in [3.63, 3.8) is 0 Å². The third-order valence-electron chi connectivity index (χ3n) is 1.74. The van der Waals surface area contributed by atoms with Gasteiger partial charge >= 0.3 is 0 Å². The Bertz CT molecular complexity index is 250. The Hall–Kier alpha value is -0.600. The lowest BCUT2D eigenvalue weighted by Crippen LogP contribution is -2.11. The van der Waals surface area contributed by atoms with Gasteiger partial charge in [-0.15, -0.1) is 0 Å². The molecule has 0 radical (unpaired) electrons. The first-order valence-electron chi connectivity index (χ1n) is 4.11. The maximum Gasteiger partial charge on any atom is 0.0756 e. The van der Waals surface area contributed by atoms with Gasteiger partial charge in [0.1, 0.15) is 0 Å². The molecule has 3 heteroatoms. The van der Waals surface area contributed by atoms with Gasteiger partial charge in [-0.25, -0.2) is 0 Å². The van der Waals surface area contributed by atoms with Crippen LogP contribution in [-0.4, -0.2) is 4.98 Å². The Labute approximate surface area is 77.8 Å². The summed E-state index contributed by atoms with van der Waals surface area (Å²) in [7, 11) is 0. The van der Waals surface area contributed by atoms with Crippen LogP contribution < -0.4 is 5.73 Å². The predicted octanol–water partition coefficient (Wildman–Crippen LogP) is 2.53. The van der Waals surface area contributed by atoms with E-state index >= 15 is 0 Å². The Kier molecular flexibility index (Phi) is 3.50. The van der Waals surface area contributed by atoms with Gasteiger partial charge in [-0.2, -0.15) is 0 Å². The molecular formula is C9H13ClN2. The highest BCUT2D eigenvalue weighted by Crippen LogP contribution is 2.21. The molecule has 2 nitrogen and oxygen atoms in total. The van der Waals surface area contributed by atoms with Crippen LogP contribution >= 0.6 is 11.6 Å². The largest absolute Gasteiger partial charge is 0.323 e. The van der Waals surface area contributed by atoms with E-state index in [1.807, 2.05) is 12.1 Å². The average molecular weight is 185 g/mol. The minimum Gasteiger partial charge on any atom is -0.323 e. The Balaban J connectivity index is 2.79. The number of hydrogen-bond donors (Lipinski definition) is 1. The molecule has 0 spiro atoms. The van der Waals surface area contributed by atoms with Gasteiger partial charge in [0.05, 0.1) is 10.7 Å². The molecule has 0 aliphatic carbocycles. The normalized spacial score (nSPS) is 12.9. The fourth-order valence-corrected chi connectivity index (χ4v) is 1.38. The van der Waals surface area contributed by atoms with Gasteiger partial charge in [-0.3, -0.25) is 4.98 Å². The van der Waals surface area contributed by atoms with Crippen LogP contribution in [0.4, 0.5) is 0 Å². The molecule has 0 fully saturated rings. The molecule has 0 amide bonds. The Morgan fingerprint density at radius 3 is 3.00 bits per heavy atom. The highest BCUT2D eigenvalue weighted by atomic mass is 35.5. The standard InChI is InChI=1S/C9H13ClN2/c1-2-4-8(11)9-7(10)5-3-6-12-9/h3,5-6,8H,2,4,11H2,1H3. The SMILES string of the molecule is CCCC(N)c1ncccc1Cl. The lowest BCUT2D eigenvalue weighted by molar-refractivity contribution is 0.622. The van der Waals surface area contributed by atoms with E-state index in [-0.39, 0.29) is 6.04 Å². The summed E-state index contributed by atoms with van der Waals surface area (Å²) in [5, 5.41) is 0.665. The van der Waals surface area contributed by atoms with Crippen molar-refractivity contribution in [3.05, 3.63) is 29.0 Å². The number of aromatic nitrogens is 1. The van der Waals surface area contributed by atoms with E-state index in [9.17, 15) is 0 Å². The summed E-state index contributed by atoms with van der Waals surface area (Å²) in [6, 6.07) is 3.60. The number of hydrogen-bond acceptors (Lipinski definition) is 2. The summed E-state index contributed by atoms with van der Waals surface area (Å²) in [5.41, 5.74) is 6.67. The molecule has 0 aromatic carbocycles. The van der Waals surface area contributed by atoms with Crippen molar-refractivity contribution in [3.8, 4) is 0 Å². The van der Waals surface area contributed by atoms with Crippen LogP contribution in [0.1, 0.15) is 31.5 Å². The van der Waals surface area contributed by atoms with Crippen LogP contribution in [0.3, 0.4) is 0 Å². The average Bonchev–Trinajstić information content (AvgIpc) is 2.05. The number of pyridine rings is 1. The summed E-state index contributed by atoms with van der Waals surface area (Å²) in [4.78, 5) is 4.14. The third-order valence-corrected chi connectivity index (χ3v) is 2.06. The van der Waals surface area contributed by atoms with E-state index in [2.05, 4.69) is 11.9 Å². The monoisotopic (exact) mass is 184 g/mol. The van der Waals surface area contributed by atoms with Gasteiger partial charge in [-0.1, -0.05) is 24.9 Å². The first-order valence-corrected chi connectivity index (χ1v) is 4.49. The Morgan fingerprint density at radius 1 is 1.67 bits per heavy atom. The molecule has 0 aliphatic rings. The molecule has 66 valence electrons. The maximum atomic E-state index is 5.91. The Morgan fingerprint density at radius 2 is 2.42 bits per heavy atom. The van der Waals surface area contributed by atoms with Gasteiger partial charge in [0, 0.05) is 12.2 Å². The quantitative estimate of drug-likeness (QED) is 0.784. The number of nitrogens with two attached hydrogens (primary N) is 1. The van der Waals surface area contributed by atoms with Crippen molar-refractivity contribution in [2.75, 3.05) is 0 Å². The van der Waals surface area contributed by atoms with Crippen LogP contribution in [0.25, 0.3) is 0 Å². The fraction of sp³-hybridized carbons (Fsp3) is 0.444. The van der Waals surface area contributed by atoms with E-state index < -0.39 is 0 Å².